The van der Waals surface area contributed by atoms with Crippen LogP contribution in [0.25, 0.3) is 0 Å². The summed E-state index contributed by atoms with van der Waals surface area (Å²) in [6.45, 7) is 0. The molecule has 0 fully saturated rings. The first-order valence-corrected chi connectivity index (χ1v) is 4.33. The number of allylic oxidation sites excluding steroid dienone is 3. The highest BCUT2D eigenvalue weighted by atomic mass is 19.1. The van der Waals surface area contributed by atoms with E-state index >= 15 is 0 Å². The van der Waals surface area contributed by atoms with Gasteiger partial charge in [-0.15, -0.1) is 0 Å². The molecule has 71 valence electrons. The first-order valence-electron chi connectivity index (χ1n) is 4.33. The maximum atomic E-state index is 12.8. The monoisotopic (exact) mass is 190 g/mol. The second-order valence-corrected chi connectivity index (χ2v) is 2.86. The first-order chi connectivity index (χ1) is 6.84. The Balaban J connectivity index is 2.09. The summed E-state index contributed by atoms with van der Waals surface area (Å²) in [5, 5.41) is 0. The molecule has 2 nitrogen and oxygen atoms in total. The van der Waals surface area contributed by atoms with Gasteiger partial charge in [0.25, 0.3) is 0 Å². The Morgan fingerprint density at radius 2 is 2.07 bits per heavy atom. The van der Waals surface area contributed by atoms with Crippen LogP contribution in [0.5, 0.6) is 5.75 Å². The predicted octanol–water partition coefficient (Wildman–Crippen LogP) is 2.81. The fourth-order valence-electron chi connectivity index (χ4n) is 1.15. The second-order valence-electron chi connectivity index (χ2n) is 2.86. The van der Waals surface area contributed by atoms with Gasteiger partial charge in [0, 0.05) is 24.9 Å². The Labute approximate surface area is 81.7 Å². The number of halogens is 1. The standard InChI is InChI=1S/C11H9FNO/c12-9-2-1-3-11(8-9)14-10-4-6-13-7-5-10/h2-8H,1H2. The zero-order chi connectivity index (χ0) is 9.80. The summed E-state index contributed by atoms with van der Waals surface area (Å²) in [6, 6.07) is 3.45. The highest BCUT2D eigenvalue weighted by Gasteiger charge is 2.06. The molecule has 0 saturated heterocycles. The number of rotatable bonds is 2. The smallest absolute Gasteiger partial charge is 0.130 e. The van der Waals surface area contributed by atoms with Crippen molar-refractivity contribution < 1.29 is 9.13 Å². The highest BCUT2D eigenvalue weighted by molar-refractivity contribution is 5.30. The first kappa shape index (κ1) is 8.94. The van der Waals surface area contributed by atoms with Crippen LogP contribution in [0.2, 0.25) is 0 Å². The van der Waals surface area contributed by atoms with Gasteiger partial charge in [0.2, 0.25) is 0 Å². The SMILES string of the molecule is FC1=CC(Oc2ccncc2)=CC[CH]1. The lowest BCUT2D eigenvalue weighted by Crippen LogP contribution is -1.97. The van der Waals surface area contributed by atoms with Gasteiger partial charge < -0.3 is 4.74 Å². The third-order valence-corrected chi connectivity index (χ3v) is 1.80. The summed E-state index contributed by atoms with van der Waals surface area (Å²) in [5.41, 5.74) is 0. The van der Waals surface area contributed by atoms with Gasteiger partial charge in [0.1, 0.15) is 17.3 Å². The van der Waals surface area contributed by atoms with E-state index in [-0.39, 0.29) is 5.83 Å². The van der Waals surface area contributed by atoms with Crippen LogP contribution >= 0.6 is 0 Å². The van der Waals surface area contributed by atoms with E-state index < -0.39 is 0 Å². The average molecular weight is 190 g/mol. The molecule has 0 N–H and O–H groups in total. The minimum atomic E-state index is -0.253. The van der Waals surface area contributed by atoms with Crippen LogP contribution in [0, 0.1) is 6.42 Å². The second kappa shape index (κ2) is 4.05. The molecule has 1 heterocycles. The lowest BCUT2D eigenvalue weighted by molar-refractivity contribution is 0.434. The van der Waals surface area contributed by atoms with Crippen LogP contribution < -0.4 is 4.74 Å². The van der Waals surface area contributed by atoms with Crippen molar-refractivity contribution in [2.75, 3.05) is 0 Å². The van der Waals surface area contributed by atoms with Crippen molar-refractivity contribution in [2.45, 2.75) is 6.42 Å². The van der Waals surface area contributed by atoms with Crippen LogP contribution in [0.4, 0.5) is 4.39 Å². The third-order valence-electron chi connectivity index (χ3n) is 1.80. The number of hydrogen-bond donors (Lipinski definition) is 0. The molecule has 1 aliphatic rings. The van der Waals surface area contributed by atoms with Crippen LogP contribution in [0.1, 0.15) is 6.42 Å². The highest BCUT2D eigenvalue weighted by Crippen LogP contribution is 2.20. The summed E-state index contributed by atoms with van der Waals surface area (Å²) >= 11 is 0. The molecule has 0 aliphatic heterocycles. The lowest BCUT2D eigenvalue weighted by Gasteiger charge is -2.09. The topological polar surface area (TPSA) is 22.1 Å². The van der Waals surface area contributed by atoms with E-state index in [1.807, 2.05) is 6.08 Å². The van der Waals surface area contributed by atoms with Gasteiger partial charge in [-0.25, -0.2) is 4.39 Å². The Morgan fingerprint density at radius 3 is 2.79 bits per heavy atom. The molecule has 0 amide bonds. The van der Waals surface area contributed by atoms with E-state index in [0.717, 1.165) is 0 Å². The van der Waals surface area contributed by atoms with Gasteiger partial charge in [-0.2, -0.15) is 0 Å². The Kier molecular flexibility index (Phi) is 2.58. The molecule has 0 saturated carbocycles. The summed E-state index contributed by atoms with van der Waals surface area (Å²) in [5.74, 6) is 0.949. The molecular weight excluding hydrogens is 181 g/mol. The van der Waals surface area contributed by atoms with Gasteiger partial charge in [-0.05, 0) is 24.6 Å². The molecule has 1 aromatic heterocycles. The Bertz CT molecular complexity index is 370. The average Bonchev–Trinajstić information content (AvgIpc) is 2.19. The van der Waals surface area contributed by atoms with Gasteiger partial charge >= 0.3 is 0 Å². The molecule has 1 aliphatic carbocycles. The zero-order valence-electron chi connectivity index (χ0n) is 7.48. The van der Waals surface area contributed by atoms with Crippen molar-refractivity contribution in [2.24, 2.45) is 0 Å². The molecular formula is C11H9FNO. The number of ether oxygens (including phenoxy) is 1. The Morgan fingerprint density at radius 1 is 1.29 bits per heavy atom. The van der Waals surface area contributed by atoms with Crippen molar-refractivity contribution in [3.05, 3.63) is 54.7 Å². The van der Waals surface area contributed by atoms with E-state index in [0.29, 0.717) is 17.9 Å². The lowest BCUT2D eigenvalue weighted by atomic mass is 10.1. The van der Waals surface area contributed by atoms with Crippen molar-refractivity contribution in [3.63, 3.8) is 0 Å². The Hall–Kier alpha value is -1.64. The maximum Gasteiger partial charge on any atom is 0.130 e. The fraction of sp³-hybridized carbons (Fsp3) is 0.0909. The molecule has 0 atom stereocenters. The maximum absolute atomic E-state index is 12.8. The number of pyridine rings is 1. The van der Waals surface area contributed by atoms with Crippen molar-refractivity contribution in [3.8, 4) is 5.75 Å². The quantitative estimate of drug-likeness (QED) is 0.715. The van der Waals surface area contributed by atoms with Crippen molar-refractivity contribution in [1.29, 1.82) is 0 Å². The van der Waals surface area contributed by atoms with Crippen LogP contribution in [-0.2, 0) is 0 Å². The van der Waals surface area contributed by atoms with E-state index in [2.05, 4.69) is 4.98 Å². The van der Waals surface area contributed by atoms with E-state index in [1.165, 1.54) is 12.5 Å². The van der Waals surface area contributed by atoms with Gasteiger partial charge in [0.15, 0.2) is 0 Å². The molecule has 0 unspecified atom stereocenters. The molecule has 0 bridgehead atoms. The molecule has 1 radical (unpaired) electrons. The van der Waals surface area contributed by atoms with Gasteiger partial charge in [-0.3, -0.25) is 4.98 Å². The number of hydrogen-bond acceptors (Lipinski definition) is 2. The van der Waals surface area contributed by atoms with Crippen LogP contribution in [0.3, 0.4) is 0 Å². The summed E-state index contributed by atoms with van der Waals surface area (Å²) in [4.78, 5) is 3.86. The van der Waals surface area contributed by atoms with Crippen molar-refractivity contribution >= 4 is 0 Å². The summed E-state index contributed by atoms with van der Waals surface area (Å²) in [6.07, 6.45) is 8.52. The molecule has 1 aromatic rings. The number of nitrogens with zero attached hydrogens (tertiary/aromatic N) is 1. The normalized spacial score (nSPS) is 15.8. The van der Waals surface area contributed by atoms with E-state index in [9.17, 15) is 4.39 Å². The van der Waals surface area contributed by atoms with Gasteiger partial charge in [0.05, 0.1) is 0 Å². The molecule has 3 heteroatoms. The van der Waals surface area contributed by atoms with Crippen molar-refractivity contribution in [1.82, 2.24) is 4.98 Å². The van der Waals surface area contributed by atoms with Gasteiger partial charge in [-0.1, -0.05) is 0 Å². The number of aromatic nitrogens is 1. The molecule has 0 aromatic carbocycles. The molecule has 2 rings (SSSR count). The third kappa shape index (κ3) is 2.19. The summed E-state index contributed by atoms with van der Waals surface area (Å²) in [7, 11) is 0. The van der Waals surface area contributed by atoms with Crippen LogP contribution in [0.15, 0.2) is 48.3 Å². The zero-order valence-corrected chi connectivity index (χ0v) is 7.48. The molecule has 14 heavy (non-hydrogen) atoms. The minimum Gasteiger partial charge on any atom is -0.458 e. The minimum absolute atomic E-state index is 0.253. The van der Waals surface area contributed by atoms with E-state index in [1.54, 1.807) is 24.5 Å². The fourth-order valence-corrected chi connectivity index (χ4v) is 1.15. The van der Waals surface area contributed by atoms with Crippen LogP contribution in [-0.4, -0.2) is 4.98 Å². The summed E-state index contributed by atoms with van der Waals surface area (Å²) < 4.78 is 18.2. The molecule has 0 spiro atoms. The largest absolute Gasteiger partial charge is 0.458 e. The predicted molar refractivity (Wildman–Crippen MR) is 51.1 cm³/mol. The van der Waals surface area contributed by atoms with E-state index in [4.69, 9.17) is 4.74 Å².